The Balaban J connectivity index is 1.55. The van der Waals surface area contributed by atoms with Crippen LogP contribution in [0.15, 0.2) is 36.4 Å². The Morgan fingerprint density at radius 2 is 1.90 bits per heavy atom. The minimum atomic E-state index is -0.474. The molecule has 0 aromatic heterocycles. The van der Waals surface area contributed by atoms with Crippen LogP contribution in [0.25, 0.3) is 6.08 Å². The summed E-state index contributed by atoms with van der Waals surface area (Å²) in [4.78, 5) is 24.1. The van der Waals surface area contributed by atoms with Crippen LogP contribution < -0.4 is 25.1 Å². The zero-order valence-corrected chi connectivity index (χ0v) is 18.3. The monoisotopic (exact) mass is 424 g/mol. The molecule has 31 heavy (non-hydrogen) atoms. The van der Waals surface area contributed by atoms with E-state index in [1.54, 1.807) is 6.08 Å². The van der Waals surface area contributed by atoms with Crippen LogP contribution in [0.5, 0.6) is 17.2 Å². The smallest absolute Gasteiger partial charge is 0.276 e. The second-order valence-electron chi connectivity index (χ2n) is 7.44. The van der Waals surface area contributed by atoms with E-state index in [9.17, 15) is 9.59 Å². The van der Waals surface area contributed by atoms with Crippen molar-refractivity contribution in [1.29, 1.82) is 0 Å². The fourth-order valence-electron chi connectivity index (χ4n) is 3.40. The Morgan fingerprint density at radius 1 is 1.16 bits per heavy atom. The molecular weight excluding hydrogens is 396 g/mol. The number of nitrogens with one attached hydrogen (secondary N) is 2. The third-order valence-corrected chi connectivity index (χ3v) is 4.82. The highest BCUT2D eigenvalue weighted by Gasteiger charge is 2.21. The van der Waals surface area contributed by atoms with Crippen LogP contribution in [0.2, 0.25) is 0 Å². The highest BCUT2D eigenvalue weighted by Crippen LogP contribution is 2.35. The molecule has 3 rings (SSSR count). The number of rotatable bonds is 7. The van der Waals surface area contributed by atoms with Gasteiger partial charge >= 0.3 is 0 Å². The van der Waals surface area contributed by atoms with Gasteiger partial charge in [-0.25, -0.2) is 0 Å². The van der Waals surface area contributed by atoms with Crippen LogP contribution in [0.4, 0.5) is 0 Å². The maximum absolute atomic E-state index is 12.1. The molecule has 7 heteroatoms. The number of ether oxygens (including phenoxy) is 3. The standard InChI is InChI=1S/C24H28N2O5/c1-5-29-20-13-19-11-17(4)31-21(19)12-18(20)9-10-22(27)25-26-23(28)14-30-24-15(2)7-6-8-16(24)3/h6-10,12-13,17H,5,11,14H2,1-4H3,(H,25,27)(H,26,28)/b10-9+/t17-/m1/s1. The van der Waals surface area contributed by atoms with Crippen molar-refractivity contribution in [2.24, 2.45) is 0 Å². The molecule has 2 N–H and O–H groups in total. The van der Waals surface area contributed by atoms with E-state index < -0.39 is 11.8 Å². The fourth-order valence-corrected chi connectivity index (χ4v) is 3.40. The van der Waals surface area contributed by atoms with E-state index in [0.717, 1.165) is 34.4 Å². The highest BCUT2D eigenvalue weighted by molar-refractivity contribution is 5.93. The number of carbonyl (C=O) groups is 2. The summed E-state index contributed by atoms with van der Waals surface area (Å²) < 4.78 is 17.1. The Kier molecular flexibility index (Phi) is 7.18. The first-order chi connectivity index (χ1) is 14.9. The Bertz CT molecular complexity index is 979. The van der Waals surface area contributed by atoms with Crippen molar-refractivity contribution in [1.82, 2.24) is 10.9 Å². The van der Waals surface area contributed by atoms with Gasteiger partial charge in [0.25, 0.3) is 11.8 Å². The summed E-state index contributed by atoms with van der Waals surface area (Å²) in [5, 5.41) is 0. The molecule has 2 amide bonds. The van der Waals surface area contributed by atoms with E-state index in [-0.39, 0.29) is 12.7 Å². The molecule has 0 saturated heterocycles. The molecule has 0 saturated carbocycles. The largest absolute Gasteiger partial charge is 0.493 e. The van der Waals surface area contributed by atoms with Crippen LogP contribution in [0, 0.1) is 13.8 Å². The number of fused-ring (bicyclic) bond motifs is 1. The highest BCUT2D eigenvalue weighted by atomic mass is 16.5. The number of carbonyl (C=O) groups excluding carboxylic acids is 2. The molecule has 7 nitrogen and oxygen atoms in total. The van der Waals surface area contributed by atoms with E-state index in [4.69, 9.17) is 14.2 Å². The molecule has 0 spiro atoms. The molecule has 2 aromatic carbocycles. The first kappa shape index (κ1) is 22.2. The summed E-state index contributed by atoms with van der Waals surface area (Å²) >= 11 is 0. The van der Waals surface area contributed by atoms with Gasteiger partial charge in [-0.3, -0.25) is 20.4 Å². The maximum Gasteiger partial charge on any atom is 0.276 e. The molecule has 0 fully saturated rings. The first-order valence-corrected chi connectivity index (χ1v) is 10.3. The van der Waals surface area contributed by atoms with E-state index in [0.29, 0.717) is 18.1 Å². The van der Waals surface area contributed by atoms with Crippen molar-refractivity contribution in [2.75, 3.05) is 13.2 Å². The zero-order chi connectivity index (χ0) is 22.4. The van der Waals surface area contributed by atoms with E-state index >= 15 is 0 Å². The minimum absolute atomic E-state index is 0.118. The van der Waals surface area contributed by atoms with Gasteiger partial charge in [-0.1, -0.05) is 18.2 Å². The van der Waals surface area contributed by atoms with Gasteiger partial charge in [0.15, 0.2) is 6.61 Å². The van der Waals surface area contributed by atoms with Gasteiger partial charge in [-0.15, -0.1) is 0 Å². The lowest BCUT2D eigenvalue weighted by molar-refractivity contribution is -0.128. The van der Waals surface area contributed by atoms with Crippen LogP contribution in [0.3, 0.4) is 0 Å². The molecule has 0 radical (unpaired) electrons. The Morgan fingerprint density at radius 3 is 2.61 bits per heavy atom. The molecule has 0 aliphatic carbocycles. The van der Waals surface area contributed by atoms with E-state index in [2.05, 4.69) is 10.9 Å². The van der Waals surface area contributed by atoms with Crippen LogP contribution in [0.1, 0.15) is 36.1 Å². The topological polar surface area (TPSA) is 85.9 Å². The van der Waals surface area contributed by atoms with Gasteiger partial charge in [0.1, 0.15) is 23.4 Å². The summed E-state index contributed by atoms with van der Waals surface area (Å²) in [6.07, 6.45) is 3.91. The molecule has 1 aliphatic rings. The number of para-hydroxylation sites is 1. The number of benzene rings is 2. The number of hydrogen-bond acceptors (Lipinski definition) is 5. The van der Waals surface area contributed by atoms with Crippen molar-refractivity contribution in [2.45, 2.75) is 40.2 Å². The Labute approximate surface area is 182 Å². The lowest BCUT2D eigenvalue weighted by atomic mass is 10.1. The predicted octanol–water partition coefficient (Wildman–Crippen LogP) is 3.27. The molecular formula is C24H28N2O5. The van der Waals surface area contributed by atoms with E-state index in [1.807, 2.05) is 58.0 Å². The molecule has 1 aliphatic heterocycles. The summed E-state index contributed by atoms with van der Waals surface area (Å²) in [6, 6.07) is 9.56. The number of hydrazine groups is 1. The SMILES string of the molecule is CCOc1cc2c(cc1/C=C/C(=O)NNC(=O)COc1c(C)cccc1C)O[C@H](C)C2. The zero-order valence-electron chi connectivity index (χ0n) is 18.3. The lowest BCUT2D eigenvalue weighted by Crippen LogP contribution is -2.43. The van der Waals surface area contributed by atoms with Gasteiger partial charge < -0.3 is 14.2 Å². The maximum atomic E-state index is 12.1. The van der Waals surface area contributed by atoms with Crippen molar-refractivity contribution >= 4 is 17.9 Å². The number of hydrogen-bond donors (Lipinski definition) is 2. The summed E-state index contributed by atoms with van der Waals surface area (Å²) in [6.45, 7) is 8.05. The summed E-state index contributed by atoms with van der Waals surface area (Å²) in [5.41, 5.74) is 8.40. The summed E-state index contributed by atoms with van der Waals surface area (Å²) in [5.74, 6) is 1.22. The van der Waals surface area contributed by atoms with Crippen molar-refractivity contribution in [3.05, 3.63) is 58.7 Å². The molecule has 164 valence electrons. The van der Waals surface area contributed by atoms with Crippen molar-refractivity contribution < 1.29 is 23.8 Å². The second kappa shape index (κ2) is 10.0. The fraction of sp³-hybridized carbons (Fsp3) is 0.333. The molecule has 1 atom stereocenters. The van der Waals surface area contributed by atoms with Gasteiger partial charge in [-0.05, 0) is 57.0 Å². The van der Waals surface area contributed by atoms with Crippen molar-refractivity contribution in [3.8, 4) is 17.2 Å². The summed E-state index contributed by atoms with van der Waals surface area (Å²) in [7, 11) is 0. The van der Waals surface area contributed by atoms with Gasteiger partial charge in [-0.2, -0.15) is 0 Å². The molecule has 1 heterocycles. The molecule has 0 unspecified atom stereocenters. The quantitative estimate of drug-likeness (QED) is 0.526. The second-order valence-corrected chi connectivity index (χ2v) is 7.44. The van der Waals surface area contributed by atoms with Crippen LogP contribution in [-0.2, 0) is 16.0 Å². The minimum Gasteiger partial charge on any atom is -0.493 e. The average molecular weight is 424 g/mol. The predicted molar refractivity (Wildman–Crippen MR) is 118 cm³/mol. The average Bonchev–Trinajstić information content (AvgIpc) is 3.09. The number of aryl methyl sites for hydroxylation is 2. The van der Waals surface area contributed by atoms with Crippen LogP contribution >= 0.6 is 0 Å². The third kappa shape index (κ3) is 5.78. The Hall–Kier alpha value is -3.48. The van der Waals surface area contributed by atoms with E-state index in [1.165, 1.54) is 6.08 Å². The first-order valence-electron chi connectivity index (χ1n) is 10.3. The number of amides is 2. The van der Waals surface area contributed by atoms with Gasteiger partial charge in [0.2, 0.25) is 0 Å². The van der Waals surface area contributed by atoms with Crippen LogP contribution in [-0.4, -0.2) is 31.1 Å². The normalized spacial score (nSPS) is 14.6. The lowest BCUT2D eigenvalue weighted by Gasteiger charge is -2.12. The molecule has 2 aromatic rings. The van der Waals surface area contributed by atoms with Gasteiger partial charge in [0.05, 0.1) is 6.61 Å². The molecule has 0 bridgehead atoms. The third-order valence-electron chi connectivity index (χ3n) is 4.82. The van der Waals surface area contributed by atoms with Crippen molar-refractivity contribution in [3.63, 3.8) is 0 Å². The van der Waals surface area contributed by atoms with Gasteiger partial charge in [0, 0.05) is 23.6 Å².